The number of benzene rings is 1. The monoisotopic (exact) mass is 438 g/mol. The summed E-state index contributed by atoms with van der Waals surface area (Å²) in [5.74, 6) is -0.930. The molecule has 1 aliphatic carbocycles. The highest BCUT2D eigenvalue weighted by Gasteiger charge is 2.29. The number of nitrogens with one attached hydrogen (secondary N) is 2. The van der Waals surface area contributed by atoms with Gasteiger partial charge in [-0.25, -0.2) is 17.9 Å². The molecule has 0 heterocycles. The molecule has 0 radical (unpaired) electrons. The second-order valence-corrected chi connectivity index (χ2v) is 9.12. The van der Waals surface area contributed by atoms with E-state index in [0.29, 0.717) is 0 Å². The average molecular weight is 439 g/mol. The zero-order chi connectivity index (χ0) is 22.3. The maximum Gasteiger partial charge on any atom is 0.338 e. The van der Waals surface area contributed by atoms with Crippen LogP contribution in [0.4, 0.5) is 0 Å². The molecule has 1 fully saturated rings. The molecule has 0 aliphatic heterocycles. The number of sulfonamides is 1. The quantitative estimate of drug-likeness (QED) is 0.452. The van der Waals surface area contributed by atoms with E-state index in [1.807, 2.05) is 6.92 Å². The number of hydrogen-bond acceptors (Lipinski definition) is 6. The lowest BCUT2D eigenvalue weighted by Gasteiger charge is -2.29. The third kappa shape index (κ3) is 6.06. The number of esters is 1. The van der Waals surface area contributed by atoms with Gasteiger partial charge in [-0.1, -0.05) is 25.8 Å². The van der Waals surface area contributed by atoms with E-state index in [0.717, 1.165) is 25.7 Å². The van der Waals surface area contributed by atoms with Gasteiger partial charge in [0.05, 0.1) is 12.7 Å². The average Bonchev–Trinajstić information content (AvgIpc) is 2.72. The van der Waals surface area contributed by atoms with Crippen LogP contribution in [0.25, 0.3) is 0 Å². The van der Waals surface area contributed by atoms with Crippen molar-refractivity contribution in [2.24, 2.45) is 5.92 Å². The van der Waals surface area contributed by atoms with Crippen LogP contribution in [0.15, 0.2) is 35.7 Å². The molecular formula is C21H30N2O6S. The Bertz CT molecular complexity index is 883. The van der Waals surface area contributed by atoms with Crippen LogP contribution < -0.4 is 14.8 Å². The van der Waals surface area contributed by atoms with Gasteiger partial charge in [-0.15, -0.1) is 6.58 Å². The van der Waals surface area contributed by atoms with Crippen molar-refractivity contribution in [1.82, 2.24) is 10.0 Å². The minimum atomic E-state index is -3.92. The number of methoxy groups -OCH3 is 1. The maximum absolute atomic E-state index is 13.0. The molecular weight excluding hydrogens is 408 g/mol. The summed E-state index contributed by atoms with van der Waals surface area (Å²) in [4.78, 5) is 24.2. The zero-order valence-electron chi connectivity index (χ0n) is 17.6. The summed E-state index contributed by atoms with van der Waals surface area (Å²) in [6, 6.07) is 3.85. The highest BCUT2D eigenvalue weighted by atomic mass is 32.2. The summed E-state index contributed by atoms with van der Waals surface area (Å²) >= 11 is 0. The minimum Gasteiger partial charge on any atom is -0.495 e. The summed E-state index contributed by atoms with van der Waals surface area (Å²) < 4.78 is 39.2. The predicted octanol–water partition coefficient (Wildman–Crippen LogP) is 2.40. The van der Waals surface area contributed by atoms with Crippen molar-refractivity contribution >= 4 is 21.9 Å². The highest BCUT2D eigenvalue weighted by Crippen LogP contribution is 2.29. The van der Waals surface area contributed by atoms with Crippen LogP contribution in [-0.2, 0) is 19.6 Å². The van der Waals surface area contributed by atoms with Gasteiger partial charge in [0.1, 0.15) is 10.6 Å². The van der Waals surface area contributed by atoms with Gasteiger partial charge >= 0.3 is 5.97 Å². The normalized spacial score (nSPS) is 20.1. The summed E-state index contributed by atoms with van der Waals surface area (Å²) in [5.41, 5.74) is 0.0104. The van der Waals surface area contributed by atoms with Crippen molar-refractivity contribution < 1.29 is 27.5 Å². The Hall–Kier alpha value is -2.39. The Morgan fingerprint density at radius 3 is 2.63 bits per heavy atom. The van der Waals surface area contributed by atoms with Crippen molar-refractivity contribution in [2.45, 2.75) is 56.6 Å². The van der Waals surface area contributed by atoms with Crippen molar-refractivity contribution in [1.29, 1.82) is 0 Å². The molecule has 1 aromatic carbocycles. The predicted molar refractivity (Wildman–Crippen MR) is 113 cm³/mol. The van der Waals surface area contributed by atoms with Crippen molar-refractivity contribution in [2.75, 3.05) is 13.7 Å². The number of hydrogen-bond donors (Lipinski definition) is 2. The minimum absolute atomic E-state index is 0.0104. The van der Waals surface area contributed by atoms with E-state index in [1.165, 1.54) is 38.3 Å². The van der Waals surface area contributed by atoms with Gasteiger partial charge in [-0.3, -0.25) is 4.79 Å². The molecule has 2 N–H and O–H groups in total. The first-order valence-electron chi connectivity index (χ1n) is 9.99. The smallest absolute Gasteiger partial charge is 0.338 e. The summed E-state index contributed by atoms with van der Waals surface area (Å²) in [6.45, 7) is 7.20. The van der Waals surface area contributed by atoms with Crippen molar-refractivity contribution in [3.63, 3.8) is 0 Å². The number of rotatable bonds is 9. The van der Waals surface area contributed by atoms with E-state index in [9.17, 15) is 18.0 Å². The molecule has 166 valence electrons. The lowest BCUT2D eigenvalue weighted by Crippen LogP contribution is -2.41. The van der Waals surface area contributed by atoms with E-state index in [2.05, 4.69) is 16.6 Å². The first-order valence-corrected chi connectivity index (χ1v) is 11.5. The maximum atomic E-state index is 13.0. The molecule has 3 unspecified atom stereocenters. The first-order chi connectivity index (χ1) is 14.2. The van der Waals surface area contributed by atoms with Crippen LogP contribution in [0.2, 0.25) is 0 Å². The van der Waals surface area contributed by atoms with Crippen LogP contribution in [0.3, 0.4) is 0 Å². The molecule has 1 saturated carbocycles. The summed E-state index contributed by atoms with van der Waals surface area (Å²) in [6.07, 6.45) is 4.24. The van der Waals surface area contributed by atoms with Gasteiger partial charge in [0.25, 0.3) is 5.91 Å². The molecule has 1 aromatic rings. The molecule has 8 nitrogen and oxygen atoms in total. The van der Waals surface area contributed by atoms with Gasteiger partial charge in [0.15, 0.2) is 6.10 Å². The molecule has 0 aromatic heterocycles. The fourth-order valence-electron chi connectivity index (χ4n) is 3.37. The number of carbonyl (C=O) groups excluding carboxylic acids is 2. The molecule has 0 saturated heterocycles. The first kappa shape index (κ1) is 23.9. The van der Waals surface area contributed by atoms with E-state index < -0.39 is 28.0 Å². The Morgan fingerprint density at radius 1 is 1.30 bits per heavy atom. The molecule has 2 rings (SSSR count). The van der Waals surface area contributed by atoms with E-state index in [-0.39, 0.29) is 34.7 Å². The zero-order valence-corrected chi connectivity index (χ0v) is 18.5. The lowest BCUT2D eigenvalue weighted by atomic mass is 9.87. The van der Waals surface area contributed by atoms with Gasteiger partial charge in [-0.05, 0) is 43.9 Å². The standard InChI is InChI=1S/C21H30N2O6S/c1-5-12-22-20(24)15(3)29-21(25)16-10-11-18(28-4)19(13-16)30(26,27)23-17-9-7-6-8-14(17)2/h5,10-11,13-15,17,23H,1,6-9,12H2,2-4H3,(H,22,24). The summed E-state index contributed by atoms with van der Waals surface area (Å²) in [7, 11) is -2.56. The third-order valence-electron chi connectivity index (χ3n) is 5.18. The molecule has 0 spiro atoms. The molecule has 1 amide bonds. The largest absolute Gasteiger partial charge is 0.495 e. The SMILES string of the molecule is C=CCNC(=O)C(C)OC(=O)c1ccc(OC)c(S(=O)(=O)NC2CCCCC2C)c1. The van der Waals surface area contributed by atoms with Crippen LogP contribution in [0, 0.1) is 5.92 Å². The second-order valence-electron chi connectivity index (χ2n) is 7.44. The van der Waals surface area contributed by atoms with Crippen molar-refractivity contribution in [3.05, 3.63) is 36.4 Å². The number of carbonyl (C=O) groups is 2. The molecule has 1 aliphatic rings. The van der Waals surface area contributed by atoms with Gasteiger partial charge < -0.3 is 14.8 Å². The topological polar surface area (TPSA) is 111 Å². The molecule has 0 bridgehead atoms. The van der Waals surface area contributed by atoms with Crippen LogP contribution >= 0.6 is 0 Å². The fourth-order valence-corrected chi connectivity index (χ4v) is 4.94. The Kier molecular flexibility index (Phi) is 8.43. The lowest BCUT2D eigenvalue weighted by molar-refractivity contribution is -0.128. The van der Waals surface area contributed by atoms with Gasteiger partial charge in [-0.2, -0.15) is 0 Å². The fraction of sp³-hybridized carbons (Fsp3) is 0.524. The second kappa shape index (κ2) is 10.6. The third-order valence-corrected chi connectivity index (χ3v) is 6.69. The summed E-state index contributed by atoms with van der Waals surface area (Å²) in [5, 5.41) is 2.53. The number of ether oxygens (including phenoxy) is 2. The van der Waals surface area contributed by atoms with E-state index >= 15 is 0 Å². The highest BCUT2D eigenvalue weighted by molar-refractivity contribution is 7.89. The number of amides is 1. The van der Waals surface area contributed by atoms with Gasteiger partial charge in [0, 0.05) is 12.6 Å². The molecule has 30 heavy (non-hydrogen) atoms. The van der Waals surface area contributed by atoms with E-state index in [4.69, 9.17) is 9.47 Å². The Balaban J connectivity index is 2.22. The Labute approximate surface area is 178 Å². The van der Waals surface area contributed by atoms with E-state index in [1.54, 1.807) is 0 Å². The molecule has 3 atom stereocenters. The Morgan fingerprint density at radius 2 is 2.00 bits per heavy atom. The van der Waals surface area contributed by atoms with Crippen LogP contribution in [0.1, 0.15) is 49.9 Å². The van der Waals surface area contributed by atoms with Crippen LogP contribution in [-0.4, -0.2) is 46.1 Å². The van der Waals surface area contributed by atoms with Crippen LogP contribution in [0.5, 0.6) is 5.75 Å². The van der Waals surface area contributed by atoms with Gasteiger partial charge in [0.2, 0.25) is 10.0 Å². The molecule has 9 heteroatoms. The van der Waals surface area contributed by atoms with Crippen molar-refractivity contribution in [3.8, 4) is 5.75 Å².